The van der Waals surface area contributed by atoms with Gasteiger partial charge in [0.1, 0.15) is 0 Å². The van der Waals surface area contributed by atoms with Crippen LogP contribution < -0.4 is 10.6 Å². The van der Waals surface area contributed by atoms with Crippen molar-refractivity contribution in [1.82, 2.24) is 4.98 Å². The number of pyridine rings is 1. The largest absolute Gasteiger partial charge is 0.323 e. The molecule has 4 saturated carbocycles. The van der Waals surface area contributed by atoms with Crippen LogP contribution in [0.2, 0.25) is 0 Å². The first kappa shape index (κ1) is 21.9. The highest BCUT2D eigenvalue weighted by molar-refractivity contribution is 6.00. The summed E-state index contributed by atoms with van der Waals surface area (Å²) in [4.78, 5) is 31.0. The fourth-order valence-corrected chi connectivity index (χ4v) is 7.57. The van der Waals surface area contributed by atoms with Crippen molar-refractivity contribution in [1.29, 1.82) is 0 Å². The summed E-state index contributed by atoms with van der Waals surface area (Å²) in [7, 11) is 0. The van der Waals surface area contributed by atoms with E-state index in [1.165, 1.54) is 64.2 Å². The van der Waals surface area contributed by atoms with Gasteiger partial charge in [-0.1, -0.05) is 64.2 Å². The minimum absolute atomic E-state index is 0.0842. The lowest BCUT2D eigenvalue weighted by atomic mass is 9.65. The number of amides is 2. The zero-order chi connectivity index (χ0) is 21.9. The van der Waals surface area contributed by atoms with Crippen LogP contribution in [-0.2, 0) is 9.59 Å². The van der Waals surface area contributed by atoms with E-state index < -0.39 is 0 Å². The Hall–Kier alpha value is -1.91. The van der Waals surface area contributed by atoms with Crippen LogP contribution >= 0.6 is 0 Å². The molecule has 2 amide bonds. The van der Waals surface area contributed by atoms with E-state index in [-0.39, 0.29) is 23.7 Å². The van der Waals surface area contributed by atoms with Crippen molar-refractivity contribution in [3.8, 4) is 0 Å². The van der Waals surface area contributed by atoms with Gasteiger partial charge in [-0.25, -0.2) is 4.98 Å². The lowest BCUT2D eigenvalue weighted by Crippen LogP contribution is -2.39. The number of anilines is 2. The van der Waals surface area contributed by atoms with Crippen molar-refractivity contribution in [3.05, 3.63) is 18.3 Å². The van der Waals surface area contributed by atoms with Crippen molar-refractivity contribution in [2.24, 2.45) is 35.5 Å². The monoisotopic (exact) mass is 437 g/mol. The smallest absolute Gasteiger partial charge is 0.228 e. The maximum atomic E-state index is 13.3. The van der Waals surface area contributed by atoms with Crippen LogP contribution in [0.15, 0.2) is 18.3 Å². The van der Waals surface area contributed by atoms with Gasteiger partial charge in [-0.2, -0.15) is 0 Å². The Kier molecular flexibility index (Phi) is 6.80. The Morgan fingerprint density at radius 3 is 1.84 bits per heavy atom. The van der Waals surface area contributed by atoms with Gasteiger partial charge in [-0.05, 0) is 61.5 Å². The zero-order valence-corrected chi connectivity index (χ0v) is 19.4. The number of hydrogen-bond acceptors (Lipinski definition) is 3. The van der Waals surface area contributed by atoms with Gasteiger partial charge < -0.3 is 10.6 Å². The molecule has 6 unspecified atom stereocenters. The van der Waals surface area contributed by atoms with Crippen molar-refractivity contribution in [3.63, 3.8) is 0 Å². The van der Waals surface area contributed by atoms with Crippen molar-refractivity contribution >= 4 is 23.3 Å². The molecule has 4 aliphatic rings. The van der Waals surface area contributed by atoms with Gasteiger partial charge in [0.25, 0.3) is 0 Å². The summed E-state index contributed by atoms with van der Waals surface area (Å²) in [5, 5.41) is 6.27. The highest BCUT2D eigenvalue weighted by Gasteiger charge is 2.40. The van der Waals surface area contributed by atoms with Crippen LogP contribution in [0.1, 0.15) is 89.9 Å². The molecule has 32 heavy (non-hydrogen) atoms. The van der Waals surface area contributed by atoms with Gasteiger partial charge in [-0.3, -0.25) is 9.59 Å². The Morgan fingerprint density at radius 1 is 0.688 bits per heavy atom. The van der Waals surface area contributed by atoms with Crippen LogP contribution in [0, 0.1) is 35.5 Å². The number of carbonyl (C=O) groups is 2. The molecule has 6 atom stereocenters. The number of aromatic nitrogens is 1. The van der Waals surface area contributed by atoms with Crippen LogP contribution in [0.3, 0.4) is 0 Å². The molecule has 0 aliphatic heterocycles. The lowest BCUT2D eigenvalue weighted by Gasteiger charge is -2.41. The van der Waals surface area contributed by atoms with E-state index in [1.807, 2.05) is 12.1 Å². The normalized spacial score (nSPS) is 34.6. The first-order valence-electron chi connectivity index (χ1n) is 13.3. The van der Waals surface area contributed by atoms with E-state index in [0.717, 1.165) is 31.6 Å². The third-order valence-electron chi connectivity index (χ3n) is 9.13. The third kappa shape index (κ3) is 4.58. The van der Waals surface area contributed by atoms with E-state index >= 15 is 0 Å². The highest BCUT2D eigenvalue weighted by atomic mass is 16.2. The predicted molar refractivity (Wildman–Crippen MR) is 127 cm³/mol. The SMILES string of the molecule is O=C(Nc1cccnc1NC(=O)C1CCCC2CCCCC21)C1CCCC2CCCCC21. The van der Waals surface area contributed by atoms with E-state index in [0.29, 0.717) is 29.3 Å². The molecule has 5 nitrogen and oxygen atoms in total. The molecule has 5 heteroatoms. The van der Waals surface area contributed by atoms with Crippen LogP contribution in [0.25, 0.3) is 0 Å². The van der Waals surface area contributed by atoms with E-state index in [4.69, 9.17) is 0 Å². The minimum atomic E-state index is 0.0842. The van der Waals surface area contributed by atoms with E-state index in [1.54, 1.807) is 6.20 Å². The molecule has 2 N–H and O–H groups in total. The summed E-state index contributed by atoms with van der Waals surface area (Å²) in [6.45, 7) is 0. The van der Waals surface area contributed by atoms with Gasteiger partial charge in [-0.15, -0.1) is 0 Å². The van der Waals surface area contributed by atoms with Gasteiger partial charge >= 0.3 is 0 Å². The maximum Gasteiger partial charge on any atom is 0.228 e. The second-order valence-corrected chi connectivity index (χ2v) is 10.9. The second kappa shape index (κ2) is 9.93. The molecule has 0 saturated heterocycles. The van der Waals surface area contributed by atoms with Crippen LogP contribution in [-0.4, -0.2) is 16.8 Å². The van der Waals surface area contributed by atoms with E-state index in [2.05, 4.69) is 15.6 Å². The number of nitrogens with one attached hydrogen (secondary N) is 2. The number of rotatable bonds is 4. The van der Waals surface area contributed by atoms with Crippen molar-refractivity contribution in [2.75, 3.05) is 10.6 Å². The fourth-order valence-electron chi connectivity index (χ4n) is 7.57. The molecular formula is C27H39N3O2. The molecule has 0 spiro atoms. The molecule has 1 aromatic rings. The first-order valence-corrected chi connectivity index (χ1v) is 13.3. The fraction of sp³-hybridized carbons (Fsp3) is 0.741. The molecular weight excluding hydrogens is 398 g/mol. The van der Waals surface area contributed by atoms with Gasteiger partial charge in [0, 0.05) is 18.0 Å². The summed E-state index contributed by atoms with van der Waals surface area (Å²) >= 11 is 0. The standard InChI is InChI=1S/C27H39N3O2/c31-26(22-14-5-10-18-8-1-3-12-20(18)22)29-24-16-7-17-28-25(24)30-27(32)23-15-6-11-19-9-2-4-13-21(19)23/h7,16-23H,1-6,8-15H2,(H,29,31)(H,28,30,32). The number of fused-ring (bicyclic) bond motifs is 2. The Bertz CT molecular complexity index is 754. The van der Waals surface area contributed by atoms with Gasteiger partial charge in [0.2, 0.25) is 11.8 Å². The summed E-state index contributed by atoms with van der Waals surface area (Å²) in [5.74, 6) is 3.39. The molecule has 174 valence electrons. The summed E-state index contributed by atoms with van der Waals surface area (Å²) < 4.78 is 0. The molecule has 0 bridgehead atoms. The predicted octanol–water partition coefficient (Wildman–Crippen LogP) is 6.17. The number of hydrogen-bond donors (Lipinski definition) is 2. The minimum Gasteiger partial charge on any atom is -0.323 e. The molecule has 5 rings (SSSR count). The average Bonchev–Trinajstić information content (AvgIpc) is 2.84. The number of nitrogens with zero attached hydrogens (tertiary/aromatic N) is 1. The first-order chi connectivity index (χ1) is 15.7. The Balaban J connectivity index is 1.26. The van der Waals surface area contributed by atoms with Crippen LogP contribution in [0.5, 0.6) is 0 Å². The molecule has 1 aromatic heterocycles. The quantitative estimate of drug-likeness (QED) is 0.591. The maximum absolute atomic E-state index is 13.3. The molecule has 4 aliphatic carbocycles. The summed E-state index contributed by atoms with van der Waals surface area (Å²) in [5.41, 5.74) is 0.653. The van der Waals surface area contributed by atoms with Crippen molar-refractivity contribution < 1.29 is 9.59 Å². The summed E-state index contributed by atoms with van der Waals surface area (Å²) in [6, 6.07) is 3.72. The molecule has 0 radical (unpaired) electrons. The average molecular weight is 438 g/mol. The third-order valence-corrected chi connectivity index (χ3v) is 9.13. The topological polar surface area (TPSA) is 71.1 Å². The van der Waals surface area contributed by atoms with Crippen LogP contribution in [0.4, 0.5) is 11.5 Å². The van der Waals surface area contributed by atoms with E-state index in [9.17, 15) is 9.59 Å². The molecule has 4 fully saturated rings. The van der Waals surface area contributed by atoms with Gasteiger partial charge in [0.05, 0.1) is 5.69 Å². The van der Waals surface area contributed by atoms with Gasteiger partial charge in [0.15, 0.2) is 5.82 Å². The second-order valence-electron chi connectivity index (χ2n) is 10.9. The highest BCUT2D eigenvalue weighted by Crippen LogP contribution is 2.45. The molecule has 0 aromatic carbocycles. The Morgan fingerprint density at radius 2 is 1.22 bits per heavy atom. The zero-order valence-electron chi connectivity index (χ0n) is 19.4. The number of carbonyl (C=O) groups excluding carboxylic acids is 2. The summed E-state index contributed by atoms with van der Waals surface area (Å²) in [6.07, 6.45) is 18.6. The molecule has 1 heterocycles. The lowest BCUT2D eigenvalue weighted by molar-refractivity contribution is -0.125. The Labute approximate surface area is 192 Å². The van der Waals surface area contributed by atoms with Crippen molar-refractivity contribution in [2.45, 2.75) is 89.9 Å².